The summed E-state index contributed by atoms with van der Waals surface area (Å²) in [5.74, 6) is -0.380. The lowest BCUT2D eigenvalue weighted by Crippen LogP contribution is -2.19. The van der Waals surface area contributed by atoms with Gasteiger partial charge in [0.2, 0.25) is 0 Å². The number of halogens is 4. The summed E-state index contributed by atoms with van der Waals surface area (Å²) in [6.45, 7) is 1.58. The summed E-state index contributed by atoms with van der Waals surface area (Å²) in [6.07, 6.45) is -3.51. The Balaban J connectivity index is 3.24. The van der Waals surface area contributed by atoms with Crippen molar-refractivity contribution in [3.8, 4) is 11.8 Å². The van der Waals surface area contributed by atoms with Crippen molar-refractivity contribution in [3.05, 3.63) is 21.0 Å². The lowest BCUT2D eigenvalue weighted by Gasteiger charge is -2.14. The second kappa shape index (κ2) is 4.86. The topological polar surface area (TPSA) is 45.9 Å². The highest BCUT2D eigenvalue weighted by Gasteiger charge is 2.33. The molecule has 0 saturated carbocycles. The summed E-state index contributed by atoms with van der Waals surface area (Å²) in [5.41, 5.74) is 0.723. The fraction of sp³-hybridized carbons (Fsp3) is 0.333. The molecule has 0 unspecified atom stereocenters. The molecule has 0 saturated heterocycles. The third-order valence-corrected chi connectivity index (χ3v) is 2.55. The molecule has 1 aromatic heterocycles. The number of pyridine rings is 1. The molecule has 0 spiro atoms. The van der Waals surface area contributed by atoms with Crippen molar-refractivity contribution < 1.29 is 17.9 Å². The second-order valence-corrected chi connectivity index (χ2v) is 3.94. The molecule has 0 atom stereocenters. The molecule has 0 radical (unpaired) electrons. The zero-order chi connectivity index (χ0) is 12.3. The van der Waals surface area contributed by atoms with Crippen LogP contribution in [-0.4, -0.2) is 11.3 Å². The number of alkyl halides is 3. The minimum atomic E-state index is -4.78. The van der Waals surface area contributed by atoms with E-state index in [-0.39, 0.29) is 21.4 Å². The van der Waals surface area contributed by atoms with E-state index in [0.29, 0.717) is 5.56 Å². The molecular formula is C9H6F3IN2O. The Hall–Kier alpha value is -1.04. The van der Waals surface area contributed by atoms with Crippen LogP contribution in [0.4, 0.5) is 13.2 Å². The van der Waals surface area contributed by atoms with Gasteiger partial charge in [-0.2, -0.15) is 5.26 Å². The van der Waals surface area contributed by atoms with Crippen LogP contribution >= 0.6 is 22.6 Å². The van der Waals surface area contributed by atoms with Crippen LogP contribution in [0.1, 0.15) is 11.1 Å². The molecule has 0 aliphatic carbocycles. The average molecular weight is 342 g/mol. The van der Waals surface area contributed by atoms with E-state index in [0.717, 1.165) is 0 Å². The number of hydrogen-bond donors (Lipinski definition) is 0. The van der Waals surface area contributed by atoms with Gasteiger partial charge in [-0.25, -0.2) is 4.98 Å². The van der Waals surface area contributed by atoms with Crippen LogP contribution < -0.4 is 4.74 Å². The fourth-order valence-electron chi connectivity index (χ4n) is 1.11. The molecular weight excluding hydrogens is 336 g/mol. The highest BCUT2D eigenvalue weighted by atomic mass is 127. The Bertz CT molecular complexity index is 440. The molecule has 7 heteroatoms. The first kappa shape index (κ1) is 13.0. The third-order valence-electron chi connectivity index (χ3n) is 1.78. The first-order chi connectivity index (χ1) is 7.35. The van der Waals surface area contributed by atoms with Crippen LogP contribution in [-0.2, 0) is 6.42 Å². The molecule has 16 heavy (non-hydrogen) atoms. The maximum absolute atomic E-state index is 12.1. The first-order valence-corrected chi connectivity index (χ1v) is 5.19. The monoisotopic (exact) mass is 342 g/mol. The van der Waals surface area contributed by atoms with Gasteiger partial charge in [-0.1, -0.05) is 0 Å². The number of nitrogens with zero attached hydrogens (tertiary/aromatic N) is 2. The van der Waals surface area contributed by atoms with Gasteiger partial charge in [-0.05, 0) is 35.1 Å². The smallest absolute Gasteiger partial charge is 0.403 e. The van der Waals surface area contributed by atoms with E-state index in [2.05, 4.69) is 9.72 Å². The lowest BCUT2D eigenvalue weighted by molar-refractivity contribution is -0.275. The fourth-order valence-corrected chi connectivity index (χ4v) is 1.69. The number of rotatable bonds is 2. The molecule has 1 heterocycles. The maximum Gasteiger partial charge on any atom is 0.573 e. The van der Waals surface area contributed by atoms with E-state index in [1.165, 1.54) is 6.20 Å². The molecule has 86 valence electrons. The van der Waals surface area contributed by atoms with E-state index in [4.69, 9.17) is 5.26 Å². The van der Waals surface area contributed by atoms with Gasteiger partial charge in [0.1, 0.15) is 3.70 Å². The Morgan fingerprint density at radius 1 is 1.56 bits per heavy atom. The van der Waals surface area contributed by atoms with Gasteiger partial charge in [0.05, 0.1) is 12.5 Å². The average Bonchev–Trinajstić information content (AvgIpc) is 2.15. The molecule has 0 aliphatic heterocycles. The SMILES string of the molecule is Cc1cnc(I)c(OC(F)(F)F)c1CC#N. The highest BCUT2D eigenvalue weighted by Crippen LogP contribution is 2.31. The second-order valence-electron chi connectivity index (χ2n) is 2.92. The zero-order valence-electron chi connectivity index (χ0n) is 8.10. The molecule has 0 N–H and O–H groups in total. The summed E-state index contributed by atoms with van der Waals surface area (Å²) in [6, 6.07) is 1.80. The van der Waals surface area contributed by atoms with E-state index in [1.54, 1.807) is 35.6 Å². The van der Waals surface area contributed by atoms with Crippen LogP contribution in [0, 0.1) is 22.0 Å². The van der Waals surface area contributed by atoms with Crippen molar-refractivity contribution in [1.82, 2.24) is 4.98 Å². The minimum absolute atomic E-state index is 0.0887. The van der Waals surface area contributed by atoms with Gasteiger partial charge in [-0.15, -0.1) is 13.2 Å². The molecule has 0 bridgehead atoms. The van der Waals surface area contributed by atoms with Crippen molar-refractivity contribution >= 4 is 22.6 Å². The highest BCUT2D eigenvalue weighted by molar-refractivity contribution is 14.1. The molecule has 0 amide bonds. The lowest BCUT2D eigenvalue weighted by atomic mass is 10.1. The number of aromatic nitrogens is 1. The van der Waals surface area contributed by atoms with Crippen LogP contribution in [0.2, 0.25) is 0 Å². The van der Waals surface area contributed by atoms with Crippen molar-refractivity contribution in [2.45, 2.75) is 19.7 Å². The van der Waals surface area contributed by atoms with Crippen LogP contribution in [0.3, 0.4) is 0 Å². The number of hydrogen-bond acceptors (Lipinski definition) is 3. The van der Waals surface area contributed by atoms with Gasteiger partial charge in [-0.3, -0.25) is 0 Å². The van der Waals surface area contributed by atoms with Crippen molar-refractivity contribution in [3.63, 3.8) is 0 Å². The summed E-state index contributed by atoms with van der Waals surface area (Å²) in [4.78, 5) is 3.76. The Morgan fingerprint density at radius 3 is 2.69 bits per heavy atom. The normalized spacial score (nSPS) is 11.0. The first-order valence-electron chi connectivity index (χ1n) is 4.12. The third kappa shape index (κ3) is 3.23. The summed E-state index contributed by atoms with van der Waals surface area (Å²) in [5, 5.41) is 8.55. The molecule has 1 aromatic rings. The maximum atomic E-state index is 12.1. The van der Waals surface area contributed by atoms with Crippen molar-refractivity contribution in [2.24, 2.45) is 0 Å². The number of ether oxygens (including phenoxy) is 1. The minimum Gasteiger partial charge on any atom is -0.403 e. The Labute approximate surface area is 103 Å². The summed E-state index contributed by atoms with van der Waals surface area (Å²) < 4.78 is 40.4. The molecule has 0 aromatic carbocycles. The summed E-state index contributed by atoms with van der Waals surface area (Å²) >= 11 is 1.64. The quantitative estimate of drug-likeness (QED) is 0.613. The van der Waals surface area contributed by atoms with Gasteiger partial charge in [0.15, 0.2) is 5.75 Å². The summed E-state index contributed by atoms with van der Waals surface area (Å²) in [7, 11) is 0. The standard InChI is InChI=1S/C9H6F3IN2O/c1-5-4-15-8(13)7(6(5)2-3-14)16-9(10,11)12/h4H,2H2,1H3. The Kier molecular flexibility index (Phi) is 3.96. The number of nitriles is 1. The zero-order valence-corrected chi connectivity index (χ0v) is 10.3. The van der Waals surface area contributed by atoms with Crippen molar-refractivity contribution in [1.29, 1.82) is 5.26 Å². The largest absolute Gasteiger partial charge is 0.573 e. The van der Waals surface area contributed by atoms with Crippen LogP contribution in [0.5, 0.6) is 5.75 Å². The van der Waals surface area contributed by atoms with Crippen LogP contribution in [0.25, 0.3) is 0 Å². The van der Waals surface area contributed by atoms with E-state index in [1.807, 2.05) is 0 Å². The molecule has 3 nitrogen and oxygen atoms in total. The van der Waals surface area contributed by atoms with Gasteiger partial charge in [0.25, 0.3) is 0 Å². The Morgan fingerprint density at radius 2 is 2.19 bits per heavy atom. The molecule has 0 fully saturated rings. The van der Waals surface area contributed by atoms with E-state index < -0.39 is 6.36 Å². The van der Waals surface area contributed by atoms with E-state index in [9.17, 15) is 13.2 Å². The van der Waals surface area contributed by atoms with Gasteiger partial charge in [0, 0.05) is 11.8 Å². The molecule has 0 aliphatic rings. The van der Waals surface area contributed by atoms with Crippen molar-refractivity contribution in [2.75, 3.05) is 0 Å². The molecule has 1 rings (SSSR count). The number of aryl methyl sites for hydroxylation is 1. The van der Waals surface area contributed by atoms with Gasteiger partial charge >= 0.3 is 6.36 Å². The van der Waals surface area contributed by atoms with Gasteiger partial charge < -0.3 is 4.74 Å². The van der Waals surface area contributed by atoms with Crippen LogP contribution in [0.15, 0.2) is 6.20 Å². The predicted molar refractivity (Wildman–Crippen MR) is 57.7 cm³/mol. The van der Waals surface area contributed by atoms with E-state index >= 15 is 0 Å². The predicted octanol–water partition coefficient (Wildman–Crippen LogP) is 2.96.